The topological polar surface area (TPSA) is 84.3 Å². The Hall–Kier alpha value is -2.28. The molecule has 0 amide bonds. The zero-order valence-electron chi connectivity index (χ0n) is 10.9. The van der Waals surface area contributed by atoms with Crippen molar-refractivity contribution in [3.63, 3.8) is 0 Å². The van der Waals surface area contributed by atoms with Gasteiger partial charge in [-0.2, -0.15) is 0 Å². The number of aromatic carboxylic acids is 1. The number of carboxylic acid groups (broad SMARTS) is 1. The molecule has 1 aromatic carbocycles. The summed E-state index contributed by atoms with van der Waals surface area (Å²) >= 11 is 0. The van der Waals surface area contributed by atoms with E-state index in [0.717, 1.165) is 23.8 Å². The van der Waals surface area contributed by atoms with E-state index in [1.165, 1.54) is 12.4 Å². The van der Waals surface area contributed by atoms with Crippen LogP contribution in [0.3, 0.4) is 0 Å². The van der Waals surface area contributed by atoms with Crippen LogP contribution in [0.5, 0.6) is 0 Å². The zero-order valence-corrected chi connectivity index (χ0v) is 11.7. The first-order chi connectivity index (χ1) is 9.90. The number of rotatable bonds is 5. The highest BCUT2D eigenvalue weighted by atomic mass is 32.2. The molecule has 0 radical (unpaired) electrons. The number of aromatic nitrogens is 1. The molecule has 2 aromatic rings. The van der Waals surface area contributed by atoms with Gasteiger partial charge in [-0.15, -0.1) is 0 Å². The van der Waals surface area contributed by atoms with E-state index in [2.05, 4.69) is 4.98 Å². The molecule has 1 N–H and O–H groups in total. The lowest BCUT2D eigenvalue weighted by Crippen LogP contribution is -2.12. The molecule has 0 fully saturated rings. The van der Waals surface area contributed by atoms with Gasteiger partial charge in [-0.05, 0) is 42.3 Å². The summed E-state index contributed by atoms with van der Waals surface area (Å²) in [6, 6.07) is 6.06. The molecule has 7 heteroatoms. The number of sulfone groups is 1. The number of nitrogens with zero attached hydrogens (tertiary/aromatic N) is 1. The Morgan fingerprint density at radius 1 is 1.19 bits per heavy atom. The maximum atomic E-state index is 13.7. The van der Waals surface area contributed by atoms with Gasteiger partial charge in [0.2, 0.25) is 0 Å². The molecule has 0 saturated heterocycles. The van der Waals surface area contributed by atoms with Crippen LogP contribution < -0.4 is 0 Å². The minimum Gasteiger partial charge on any atom is -0.478 e. The fraction of sp³-hybridized carbons (Fsp3) is 0.143. The highest BCUT2D eigenvalue weighted by Crippen LogP contribution is 2.19. The molecule has 2 rings (SSSR count). The SMILES string of the molecule is O=C(O)c1ccc(F)c(S(=O)(=O)CCc2ccncc2)c1. The molecule has 0 bridgehead atoms. The van der Waals surface area contributed by atoms with Crippen LogP contribution in [0.4, 0.5) is 4.39 Å². The Morgan fingerprint density at radius 3 is 2.48 bits per heavy atom. The first-order valence-electron chi connectivity index (χ1n) is 6.04. The molecule has 0 saturated carbocycles. The molecular formula is C14H12FNO4S. The van der Waals surface area contributed by atoms with Crippen molar-refractivity contribution in [3.05, 3.63) is 59.7 Å². The Labute approximate surface area is 121 Å². The third-order valence-corrected chi connectivity index (χ3v) is 4.65. The van der Waals surface area contributed by atoms with Gasteiger partial charge in [0.15, 0.2) is 9.84 Å². The minimum atomic E-state index is -3.90. The van der Waals surface area contributed by atoms with Crippen molar-refractivity contribution in [2.24, 2.45) is 0 Å². The van der Waals surface area contributed by atoms with Crippen molar-refractivity contribution in [1.29, 1.82) is 0 Å². The van der Waals surface area contributed by atoms with Crippen LogP contribution in [0.2, 0.25) is 0 Å². The molecule has 1 aromatic heterocycles. The third-order valence-electron chi connectivity index (χ3n) is 2.92. The van der Waals surface area contributed by atoms with Gasteiger partial charge in [0.1, 0.15) is 10.7 Å². The maximum absolute atomic E-state index is 13.7. The fourth-order valence-corrected chi connectivity index (χ4v) is 3.18. The molecule has 0 aliphatic rings. The molecule has 110 valence electrons. The Bertz CT molecular complexity index is 760. The van der Waals surface area contributed by atoms with Gasteiger partial charge in [0, 0.05) is 12.4 Å². The quantitative estimate of drug-likeness (QED) is 0.912. The number of hydrogen-bond donors (Lipinski definition) is 1. The summed E-state index contributed by atoms with van der Waals surface area (Å²) in [5.41, 5.74) is 0.488. The van der Waals surface area contributed by atoms with Crippen LogP contribution >= 0.6 is 0 Å². The standard InChI is InChI=1S/C14H12FNO4S/c15-12-2-1-11(14(17)18)9-13(12)21(19,20)8-5-10-3-6-16-7-4-10/h1-4,6-7,9H,5,8H2,(H,17,18). The van der Waals surface area contributed by atoms with Crippen molar-refractivity contribution >= 4 is 15.8 Å². The smallest absolute Gasteiger partial charge is 0.335 e. The number of pyridine rings is 1. The van der Waals surface area contributed by atoms with Gasteiger partial charge in [-0.3, -0.25) is 4.98 Å². The highest BCUT2D eigenvalue weighted by molar-refractivity contribution is 7.91. The predicted molar refractivity (Wildman–Crippen MR) is 73.4 cm³/mol. The molecule has 0 unspecified atom stereocenters. The van der Waals surface area contributed by atoms with Crippen LogP contribution in [-0.4, -0.2) is 30.2 Å². The van der Waals surface area contributed by atoms with E-state index in [4.69, 9.17) is 5.11 Å². The summed E-state index contributed by atoms with van der Waals surface area (Å²) < 4.78 is 38.0. The van der Waals surface area contributed by atoms with E-state index in [-0.39, 0.29) is 17.7 Å². The van der Waals surface area contributed by atoms with Crippen LogP contribution in [-0.2, 0) is 16.3 Å². The van der Waals surface area contributed by atoms with Gasteiger partial charge in [0.25, 0.3) is 0 Å². The van der Waals surface area contributed by atoms with Crippen molar-refractivity contribution in [2.45, 2.75) is 11.3 Å². The van der Waals surface area contributed by atoms with Gasteiger partial charge >= 0.3 is 5.97 Å². The summed E-state index contributed by atoms with van der Waals surface area (Å²) in [7, 11) is -3.90. The first kappa shape index (κ1) is 15.1. The Balaban J connectivity index is 2.27. The second-order valence-electron chi connectivity index (χ2n) is 4.37. The Morgan fingerprint density at radius 2 is 1.86 bits per heavy atom. The second-order valence-corrected chi connectivity index (χ2v) is 6.45. The zero-order chi connectivity index (χ0) is 15.5. The summed E-state index contributed by atoms with van der Waals surface area (Å²) in [6.45, 7) is 0. The third kappa shape index (κ3) is 3.63. The largest absolute Gasteiger partial charge is 0.478 e. The van der Waals surface area contributed by atoms with Crippen LogP contribution in [0.25, 0.3) is 0 Å². The highest BCUT2D eigenvalue weighted by Gasteiger charge is 2.21. The lowest BCUT2D eigenvalue weighted by molar-refractivity contribution is 0.0696. The van der Waals surface area contributed by atoms with Gasteiger partial charge in [-0.25, -0.2) is 17.6 Å². The first-order valence-corrected chi connectivity index (χ1v) is 7.70. The fourth-order valence-electron chi connectivity index (χ4n) is 1.79. The summed E-state index contributed by atoms with van der Waals surface area (Å²) in [5, 5.41) is 8.85. The van der Waals surface area contributed by atoms with E-state index in [0.29, 0.717) is 0 Å². The van der Waals surface area contributed by atoms with Crippen molar-refractivity contribution < 1.29 is 22.7 Å². The molecule has 5 nitrogen and oxygen atoms in total. The average Bonchev–Trinajstić information content (AvgIpc) is 2.46. The predicted octanol–water partition coefficient (Wildman–Crippen LogP) is 1.94. The molecular weight excluding hydrogens is 297 g/mol. The molecule has 1 heterocycles. The summed E-state index contributed by atoms with van der Waals surface area (Å²) in [4.78, 5) is 14.1. The second kappa shape index (κ2) is 6.01. The minimum absolute atomic E-state index is 0.196. The van der Waals surface area contributed by atoms with Gasteiger partial charge in [-0.1, -0.05) is 0 Å². The lowest BCUT2D eigenvalue weighted by atomic mass is 10.2. The molecule has 0 spiro atoms. The normalized spacial score (nSPS) is 11.3. The van der Waals surface area contributed by atoms with Crippen molar-refractivity contribution in [1.82, 2.24) is 4.98 Å². The number of carboxylic acids is 1. The monoisotopic (exact) mass is 309 g/mol. The van der Waals surface area contributed by atoms with Crippen LogP contribution in [0, 0.1) is 5.82 Å². The molecule has 0 aliphatic carbocycles. The molecule has 0 aliphatic heterocycles. The van der Waals surface area contributed by atoms with Crippen LogP contribution in [0.1, 0.15) is 15.9 Å². The number of aryl methyl sites for hydroxylation is 1. The number of halogens is 1. The maximum Gasteiger partial charge on any atom is 0.335 e. The van der Waals surface area contributed by atoms with Gasteiger partial charge < -0.3 is 5.11 Å². The van der Waals surface area contributed by atoms with E-state index in [9.17, 15) is 17.6 Å². The van der Waals surface area contributed by atoms with Crippen molar-refractivity contribution in [3.8, 4) is 0 Å². The number of carbonyl (C=O) groups is 1. The van der Waals surface area contributed by atoms with E-state index < -0.39 is 26.5 Å². The average molecular weight is 309 g/mol. The van der Waals surface area contributed by atoms with E-state index in [1.54, 1.807) is 12.1 Å². The number of hydrogen-bond acceptors (Lipinski definition) is 4. The lowest BCUT2D eigenvalue weighted by Gasteiger charge is -2.07. The van der Waals surface area contributed by atoms with E-state index in [1.807, 2.05) is 0 Å². The summed E-state index contributed by atoms with van der Waals surface area (Å²) in [5.74, 6) is -2.56. The van der Waals surface area contributed by atoms with Gasteiger partial charge in [0.05, 0.1) is 11.3 Å². The summed E-state index contributed by atoms with van der Waals surface area (Å²) in [6.07, 6.45) is 3.27. The van der Waals surface area contributed by atoms with Crippen LogP contribution in [0.15, 0.2) is 47.6 Å². The molecule has 0 atom stereocenters. The molecule has 21 heavy (non-hydrogen) atoms. The van der Waals surface area contributed by atoms with E-state index >= 15 is 0 Å². The Kier molecular flexibility index (Phi) is 4.32. The number of benzene rings is 1. The van der Waals surface area contributed by atoms with Crippen molar-refractivity contribution in [2.75, 3.05) is 5.75 Å².